The van der Waals surface area contributed by atoms with E-state index in [2.05, 4.69) is 86.6 Å². The summed E-state index contributed by atoms with van der Waals surface area (Å²) in [5.41, 5.74) is 4.85. The van der Waals surface area contributed by atoms with Gasteiger partial charge in [0.05, 0.1) is 12.0 Å². The molecule has 57 heavy (non-hydrogen) atoms. The molecule has 1 aliphatic heterocycles. The molecule has 6 aliphatic carbocycles. The molecule has 1 saturated heterocycles. The first-order chi connectivity index (χ1) is 27.1. The highest BCUT2D eigenvalue weighted by Crippen LogP contribution is 2.76. The first-order valence-electron chi connectivity index (χ1n) is 23.0. The Labute approximate surface area is 354 Å². The fourth-order valence-corrected chi connectivity index (χ4v) is 17.1. The van der Waals surface area contributed by atoms with Crippen LogP contribution in [0, 0.1) is 63.6 Å². The van der Waals surface area contributed by atoms with Crippen molar-refractivity contribution in [2.75, 3.05) is 44.3 Å². The number of rotatable bonds is 12. The molecule has 8 heteroatoms. The Kier molecular flexibility index (Phi) is 11.6. The predicted molar refractivity (Wildman–Crippen MR) is 238 cm³/mol. The Hall–Kier alpha value is -1.61. The second-order valence-corrected chi connectivity index (χ2v) is 23.9. The van der Waals surface area contributed by atoms with E-state index in [0.29, 0.717) is 54.0 Å². The number of carboxylic acids is 1. The molecule has 0 spiro atoms. The van der Waals surface area contributed by atoms with E-state index in [0.717, 1.165) is 47.9 Å². The first kappa shape index (κ1) is 42.1. The van der Waals surface area contributed by atoms with Crippen LogP contribution < -0.4 is 10.1 Å². The third-order valence-electron chi connectivity index (χ3n) is 18.6. The quantitative estimate of drug-likeness (QED) is 0.204. The number of carboxylic acid groups (broad SMARTS) is 1. The van der Waals surface area contributed by atoms with E-state index in [1.807, 2.05) is 13.0 Å². The number of nitrogens with one attached hydrogen (secondary N) is 1. The number of thioether (sulfide) groups is 1. The Morgan fingerprint density at radius 1 is 0.982 bits per heavy atom. The molecule has 1 aromatic rings. The molecule has 10 atom stereocenters. The van der Waals surface area contributed by atoms with E-state index < -0.39 is 11.4 Å². The largest absolute Gasteiger partial charge is 0.481 e. The van der Waals surface area contributed by atoms with E-state index in [1.165, 1.54) is 117 Å². The summed E-state index contributed by atoms with van der Waals surface area (Å²) in [6.07, 6.45) is 20.7. The van der Waals surface area contributed by atoms with Crippen LogP contribution in [-0.4, -0.2) is 70.2 Å². The normalized spacial score (nSPS) is 41.5. The second-order valence-electron chi connectivity index (χ2n) is 21.6. The van der Waals surface area contributed by atoms with Gasteiger partial charge in [-0.25, -0.2) is 0 Å². The summed E-state index contributed by atoms with van der Waals surface area (Å²) in [4.78, 5) is 16.6. The van der Waals surface area contributed by atoms with E-state index in [-0.39, 0.29) is 10.8 Å². The number of hydrogen-bond acceptors (Lipinski definition) is 7. The summed E-state index contributed by atoms with van der Waals surface area (Å²) in [7, 11) is 0. The number of nitrogens with zero attached hydrogens (tertiary/aromatic N) is 2. The van der Waals surface area contributed by atoms with Gasteiger partial charge in [-0.05, 0) is 178 Å². The highest BCUT2D eigenvalue weighted by Gasteiger charge is 2.70. The van der Waals surface area contributed by atoms with Gasteiger partial charge in [0.2, 0.25) is 5.88 Å². The van der Waals surface area contributed by atoms with Crippen LogP contribution in [0.2, 0.25) is 0 Å². The maximum Gasteiger partial charge on any atom is 0.310 e. The molecule has 316 valence electrons. The van der Waals surface area contributed by atoms with E-state index in [4.69, 9.17) is 4.74 Å². The third kappa shape index (κ3) is 7.16. The van der Waals surface area contributed by atoms with Crippen molar-refractivity contribution in [1.82, 2.24) is 14.6 Å². The lowest BCUT2D eigenvalue weighted by molar-refractivity contribution is -0.222. The lowest BCUT2D eigenvalue weighted by Gasteiger charge is -2.72. The van der Waals surface area contributed by atoms with Crippen molar-refractivity contribution in [2.45, 2.75) is 144 Å². The van der Waals surface area contributed by atoms with Crippen LogP contribution in [0.25, 0.3) is 0 Å². The Bertz CT molecular complexity index is 1750. The maximum absolute atomic E-state index is 12.8. The van der Waals surface area contributed by atoms with Crippen molar-refractivity contribution in [1.29, 1.82) is 0 Å². The average Bonchev–Trinajstić information content (AvgIpc) is 3.75. The Balaban J connectivity index is 1.01. The third-order valence-corrected chi connectivity index (χ3v) is 20.2. The SMILES string of the molecule is C=C(C)C[C@@H]1CC[C@]2(NCCN3CCSCC3)CC[C@]3(C)[C@H](CC[C@@H]4[C@@]5(C)CC=C(C6=CCC(CCOc7cc(C)sn7)(C(=O)O)CC6)C(C)(C)[C@@H]5CC[C@]43C)[C@@H]12. The molecule has 0 amide bonds. The molecule has 0 bridgehead atoms. The minimum atomic E-state index is -0.772. The zero-order chi connectivity index (χ0) is 40.4. The lowest BCUT2D eigenvalue weighted by Crippen LogP contribution is -2.68. The van der Waals surface area contributed by atoms with E-state index >= 15 is 0 Å². The first-order valence-corrected chi connectivity index (χ1v) is 24.9. The lowest BCUT2D eigenvalue weighted by atomic mass is 9.33. The van der Waals surface area contributed by atoms with Gasteiger partial charge in [-0.15, -0.1) is 6.58 Å². The molecule has 0 radical (unpaired) electrons. The molecule has 0 aromatic carbocycles. The summed E-state index contributed by atoms with van der Waals surface area (Å²) in [5, 5.41) is 14.9. The van der Waals surface area contributed by atoms with Crippen LogP contribution in [0.4, 0.5) is 0 Å². The van der Waals surface area contributed by atoms with Crippen molar-refractivity contribution < 1.29 is 14.6 Å². The van der Waals surface area contributed by atoms with Crippen LogP contribution >= 0.6 is 23.3 Å². The molecule has 2 heterocycles. The Morgan fingerprint density at radius 2 is 1.77 bits per heavy atom. The number of allylic oxidation sites excluding steroid dienone is 5. The van der Waals surface area contributed by atoms with Gasteiger partial charge in [0, 0.05) is 54.2 Å². The van der Waals surface area contributed by atoms with Crippen molar-refractivity contribution in [2.24, 2.45) is 56.7 Å². The summed E-state index contributed by atoms with van der Waals surface area (Å²) in [6.45, 7) is 27.4. The summed E-state index contributed by atoms with van der Waals surface area (Å²) >= 11 is 3.54. The zero-order valence-electron chi connectivity index (χ0n) is 36.6. The fraction of sp³-hybridized carbons (Fsp3) is 0.796. The smallest absolute Gasteiger partial charge is 0.310 e. The fourth-order valence-electron chi connectivity index (χ4n) is 15.6. The van der Waals surface area contributed by atoms with Gasteiger partial charge in [-0.2, -0.15) is 16.1 Å². The Morgan fingerprint density at radius 3 is 2.46 bits per heavy atom. The van der Waals surface area contributed by atoms with Crippen LogP contribution in [0.5, 0.6) is 5.88 Å². The molecule has 4 saturated carbocycles. The minimum absolute atomic E-state index is 0.0590. The predicted octanol–water partition coefficient (Wildman–Crippen LogP) is 11.4. The zero-order valence-corrected chi connectivity index (χ0v) is 38.3. The molecule has 8 rings (SSSR count). The number of aryl methyl sites for hydroxylation is 1. The summed E-state index contributed by atoms with van der Waals surface area (Å²) in [5.74, 6) is 6.15. The van der Waals surface area contributed by atoms with E-state index in [9.17, 15) is 9.90 Å². The van der Waals surface area contributed by atoms with Crippen LogP contribution in [-0.2, 0) is 4.79 Å². The molecule has 1 unspecified atom stereocenters. The van der Waals surface area contributed by atoms with Gasteiger partial charge in [0.15, 0.2) is 0 Å². The maximum atomic E-state index is 12.8. The number of carbonyl (C=O) groups is 1. The van der Waals surface area contributed by atoms with Crippen molar-refractivity contribution in [3.8, 4) is 5.88 Å². The number of aliphatic carboxylic acids is 1. The molecular formula is C49H75N3O3S2. The molecule has 6 nitrogen and oxygen atoms in total. The van der Waals surface area contributed by atoms with Crippen LogP contribution in [0.1, 0.15) is 136 Å². The minimum Gasteiger partial charge on any atom is -0.481 e. The number of aromatic nitrogens is 1. The molecule has 1 aromatic heterocycles. The molecular weight excluding hydrogens is 743 g/mol. The topological polar surface area (TPSA) is 74.7 Å². The van der Waals surface area contributed by atoms with Gasteiger partial charge in [-0.1, -0.05) is 52.3 Å². The van der Waals surface area contributed by atoms with Crippen LogP contribution in [0.15, 0.2) is 41.5 Å². The van der Waals surface area contributed by atoms with Crippen molar-refractivity contribution in [3.63, 3.8) is 0 Å². The molecule has 2 N–H and O–H groups in total. The standard InChI is InChI=1S/C49H75N3O3S2/c1-33(2)31-36-13-20-49(50-24-25-52-26-29-56-30-27-52)22-21-46(7)38(42(36)49)9-10-40-45(6)16-14-37(44(4,5)39(45)15-17-47(40,46)8)35-11-18-48(19-12-35,43(53)54)23-28-55-41-32-34(3)57-51-41/h11,14,32,36,38-40,42,50H,1,9-10,12-13,15-31H2,2-8H3,(H,53,54)/t36-,38+,39-,40+,42+,45-,46+,47+,48?,49-/m0/s1. The van der Waals surface area contributed by atoms with Gasteiger partial charge < -0.3 is 20.1 Å². The molecule has 7 aliphatic rings. The van der Waals surface area contributed by atoms with E-state index in [1.54, 1.807) is 0 Å². The van der Waals surface area contributed by atoms with Crippen molar-refractivity contribution in [3.05, 3.63) is 46.4 Å². The highest BCUT2D eigenvalue weighted by molar-refractivity contribution is 7.99. The van der Waals surface area contributed by atoms with Crippen molar-refractivity contribution >= 4 is 29.3 Å². The number of fused-ring (bicyclic) bond motifs is 7. The second kappa shape index (κ2) is 15.7. The van der Waals surface area contributed by atoms with Crippen LogP contribution in [0.3, 0.4) is 0 Å². The summed E-state index contributed by atoms with van der Waals surface area (Å²) < 4.78 is 10.3. The highest BCUT2D eigenvalue weighted by atomic mass is 32.2. The van der Waals surface area contributed by atoms with Gasteiger partial charge in [0.1, 0.15) is 0 Å². The van der Waals surface area contributed by atoms with Gasteiger partial charge in [-0.3, -0.25) is 4.79 Å². The number of hydrogen-bond donors (Lipinski definition) is 2. The van der Waals surface area contributed by atoms with Gasteiger partial charge in [0.25, 0.3) is 0 Å². The molecule has 5 fully saturated rings. The monoisotopic (exact) mass is 818 g/mol. The summed E-state index contributed by atoms with van der Waals surface area (Å²) in [6, 6.07) is 1.94. The average molecular weight is 818 g/mol. The number of ether oxygens (including phenoxy) is 1. The van der Waals surface area contributed by atoms with Gasteiger partial charge >= 0.3 is 5.97 Å².